The Morgan fingerprint density at radius 3 is 2.76 bits per heavy atom. The molecule has 17 heavy (non-hydrogen) atoms. The zero-order chi connectivity index (χ0) is 13.0. The SMILES string of the molecule is N[C@@H](Cc1cc(F)cc(O[B]O)c1O)C(=O)O. The minimum absolute atomic E-state index is 0.0169. The fourth-order valence-electron chi connectivity index (χ4n) is 1.25. The fourth-order valence-corrected chi connectivity index (χ4v) is 1.25. The molecule has 0 heterocycles. The van der Waals surface area contributed by atoms with E-state index in [2.05, 4.69) is 4.65 Å². The first kappa shape index (κ1) is 13.3. The molecule has 0 saturated heterocycles. The Morgan fingerprint density at radius 1 is 1.59 bits per heavy atom. The number of rotatable bonds is 5. The second-order valence-electron chi connectivity index (χ2n) is 3.28. The average molecular weight is 242 g/mol. The Hall–Kier alpha value is -1.80. The molecule has 0 aliphatic heterocycles. The van der Waals surface area contributed by atoms with Gasteiger partial charge in [0, 0.05) is 18.1 Å². The lowest BCUT2D eigenvalue weighted by Gasteiger charge is -2.12. The van der Waals surface area contributed by atoms with Gasteiger partial charge in [-0.25, -0.2) is 4.39 Å². The zero-order valence-corrected chi connectivity index (χ0v) is 8.63. The summed E-state index contributed by atoms with van der Waals surface area (Å²) in [7, 11) is 0.273. The maximum atomic E-state index is 13.1. The molecule has 1 rings (SSSR count). The van der Waals surface area contributed by atoms with Crippen LogP contribution in [-0.4, -0.2) is 34.9 Å². The molecule has 8 heteroatoms. The van der Waals surface area contributed by atoms with Crippen molar-refractivity contribution in [1.29, 1.82) is 0 Å². The first-order valence-corrected chi connectivity index (χ1v) is 4.58. The molecule has 0 spiro atoms. The molecule has 0 bridgehead atoms. The highest BCUT2D eigenvalue weighted by Crippen LogP contribution is 2.31. The maximum Gasteiger partial charge on any atom is 0.569 e. The quantitative estimate of drug-likeness (QED) is 0.512. The molecule has 0 unspecified atom stereocenters. The lowest BCUT2D eigenvalue weighted by Crippen LogP contribution is -2.32. The summed E-state index contributed by atoms with van der Waals surface area (Å²) in [6, 6.07) is 0.522. The third-order valence-electron chi connectivity index (χ3n) is 2.06. The molecule has 0 amide bonds. The summed E-state index contributed by atoms with van der Waals surface area (Å²) < 4.78 is 17.6. The lowest BCUT2D eigenvalue weighted by atomic mass is 10.0. The standard InChI is InChI=1S/C9H10BFNO5/c11-5-1-4(2-6(12)9(14)15)8(13)7(3-5)17-10-16/h1,3,6,13,16H,2,12H2,(H,14,15)/t6-/m0/s1. The van der Waals surface area contributed by atoms with Crippen molar-refractivity contribution in [3.8, 4) is 11.5 Å². The van der Waals surface area contributed by atoms with Crippen molar-refractivity contribution in [3.05, 3.63) is 23.5 Å². The van der Waals surface area contributed by atoms with Crippen LogP contribution < -0.4 is 10.4 Å². The predicted molar refractivity (Wildman–Crippen MR) is 56.0 cm³/mol. The molecule has 0 saturated carbocycles. The van der Waals surface area contributed by atoms with Gasteiger partial charge >= 0.3 is 13.7 Å². The van der Waals surface area contributed by atoms with Crippen LogP contribution in [0.2, 0.25) is 0 Å². The summed E-state index contributed by atoms with van der Waals surface area (Å²) in [6.07, 6.45) is -0.263. The molecule has 1 radical (unpaired) electrons. The van der Waals surface area contributed by atoms with Crippen molar-refractivity contribution in [2.24, 2.45) is 5.73 Å². The molecule has 1 aromatic carbocycles. The van der Waals surface area contributed by atoms with Crippen LogP contribution >= 0.6 is 0 Å². The van der Waals surface area contributed by atoms with Crippen LogP contribution in [0.3, 0.4) is 0 Å². The van der Waals surface area contributed by atoms with E-state index in [1.165, 1.54) is 0 Å². The van der Waals surface area contributed by atoms with Gasteiger partial charge in [-0.15, -0.1) is 0 Å². The van der Waals surface area contributed by atoms with Crippen LogP contribution in [-0.2, 0) is 11.2 Å². The van der Waals surface area contributed by atoms with Crippen molar-refractivity contribution in [1.82, 2.24) is 0 Å². The third-order valence-corrected chi connectivity index (χ3v) is 2.06. The minimum Gasteiger partial charge on any atom is -0.535 e. The monoisotopic (exact) mass is 242 g/mol. The van der Waals surface area contributed by atoms with E-state index in [4.69, 9.17) is 15.9 Å². The number of hydrogen-bond acceptors (Lipinski definition) is 5. The van der Waals surface area contributed by atoms with E-state index in [0.717, 1.165) is 12.1 Å². The summed E-state index contributed by atoms with van der Waals surface area (Å²) in [4.78, 5) is 10.5. The van der Waals surface area contributed by atoms with E-state index in [1.54, 1.807) is 0 Å². The Bertz CT molecular complexity index is 428. The highest BCUT2D eigenvalue weighted by molar-refractivity contribution is 6.17. The van der Waals surface area contributed by atoms with Gasteiger partial charge in [-0.2, -0.15) is 0 Å². The molecular formula is C9H10BFNO5. The first-order valence-electron chi connectivity index (χ1n) is 4.58. The van der Waals surface area contributed by atoms with Gasteiger partial charge in [0.1, 0.15) is 17.6 Å². The number of nitrogens with two attached hydrogens (primary N) is 1. The van der Waals surface area contributed by atoms with Crippen molar-refractivity contribution in [2.75, 3.05) is 0 Å². The average Bonchev–Trinajstić information content (AvgIpc) is 2.24. The smallest absolute Gasteiger partial charge is 0.535 e. The largest absolute Gasteiger partial charge is 0.569 e. The van der Waals surface area contributed by atoms with E-state index in [1.807, 2.05) is 0 Å². The molecule has 91 valence electrons. The molecule has 6 nitrogen and oxygen atoms in total. The van der Waals surface area contributed by atoms with Crippen LogP contribution in [0.5, 0.6) is 11.5 Å². The van der Waals surface area contributed by atoms with Gasteiger partial charge in [-0.3, -0.25) is 4.79 Å². The molecular weight excluding hydrogens is 232 g/mol. The van der Waals surface area contributed by atoms with Crippen LogP contribution in [0.15, 0.2) is 12.1 Å². The summed E-state index contributed by atoms with van der Waals surface area (Å²) in [5.74, 6) is -2.80. The van der Waals surface area contributed by atoms with E-state index >= 15 is 0 Å². The third kappa shape index (κ3) is 3.33. The molecule has 5 N–H and O–H groups in total. The van der Waals surface area contributed by atoms with Gasteiger partial charge in [-0.05, 0) is 6.07 Å². The number of aromatic hydroxyl groups is 1. The summed E-state index contributed by atoms with van der Waals surface area (Å²) in [5, 5.41) is 26.6. The van der Waals surface area contributed by atoms with Crippen molar-refractivity contribution >= 4 is 13.7 Å². The van der Waals surface area contributed by atoms with Gasteiger partial charge in [0.25, 0.3) is 0 Å². The minimum atomic E-state index is -1.27. The number of halogens is 1. The Morgan fingerprint density at radius 2 is 2.24 bits per heavy atom. The van der Waals surface area contributed by atoms with E-state index < -0.39 is 23.6 Å². The Kier molecular flexibility index (Phi) is 4.30. The second kappa shape index (κ2) is 5.51. The van der Waals surface area contributed by atoms with Gasteiger partial charge in [0.05, 0.1) is 0 Å². The molecule has 0 aromatic heterocycles. The number of benzene rings is 1. The lowest BCUT2D eigenvalue weighted by molar-refractivity contribution is -0.138. The highest BCUT2D eigenvalue weighted by atomic mass is 19.1. The summed E-state index contributed by atoms with van der Waals surface area (Å²) in [6.45, 7) is 0. The Balaban J connectivity index is 3.02. The van der Waals surface area contributed by atoms with Gasteiger partial charge in [0.2, 0.25) is 0 Å². The number of carbonyl (C=O) groups is 1. The number of hydrogen-bond donors (Lipinski definition) is 4. The van der Waals surface area contributed by atoms with Crippen LogP contribution in [0.1, 0.15) is 5.56 Å². The number of phenolic OH excluding ortho intramolecular Hbond substituents is 1. The first-order chi connectivity index (χ1) is 7.95. The van der Waals surface area contributed by atoms with Crippen LogP contribution in [0, 0.1) is 5.82 Å². The fraction of sp³-hybridized carbons (Fsp3) is 0.222. The van der Waals surface area contributed by atoms with Crippen molar-refractivity contribution < 1.29 is 29.1 Å². The van der Waals surface area contributed by atoms with Crippen LogP contribution in [0.25, 0.3) is 0 Å². The molecule has 1 aromatic rings. The zero-order valence-electron chi connectivity index (χ0n) is 8.63. The van der Waals surface area contributed by atoms with E-state index in [-0.39, 0.29) is 25.4 Å². The van der Waals surface area contributed by atoms with E-state index in [0.29, 0.717) is 0 Å². The summed E-state index contributed by atoms with van der Waals surface area (Å²) >= 11 is 0. The van der Waals surface area contributed by atoms with Crippen molar-refractivity contribution in [2.45, 2.75) is 12.5 Å². The van der Waals surface area contributed by atoms with Gasteiger partial charge < -0.3 is 25.6 Å². The van der Waals surface area contributed by atoms with E-state index in [9.17, 15) is 14.3 Å². The number of aliphatic carboxylic acids is 1. The highest BCUT2D eigenvalue weighted by Gasteiger charge is 2.18. The molecule has 0 aliphatic rings. The second-order valence-corrected chi connectivity index (χ2v) is 3.28. The number of carboxylic acids is 1. The normalized spacial score (nSPS) is 11.9. The van der Waals surface area contributed by atoms with Gasteiger partial charge in [-0.1, -0.05) is 0 Å². The van der Waals surface area contributed by atoms with Crippen LogP contribution in [0.4, 0.5) is 4.39 Å². The molecule has 0 aliphatic carbocycles. The van der Waals surface area contributed by atoms with Crippen molar-refractivity contribution in [3.63, 3.8) is 0 Å². The number of carboxylic acid groups (broad SMARTS) is 1. The van der Waals surface area contributed by atoms with Gasteiger partial charge in [0.15, 0.2) is 5.75 Å². The number of phenols is 1. The topological polar surface area (TPSA) is 113 Å². The molecule has 1 atom stereocenters. The summed E-state index contributed by atoms with van der Waals surface area (Å²) in [5.41, 5.74) is 5.24. The maximum absolute atomic E-state index is 13.1. The molecule has 0 fully saturated rings. The Labute approximate surface area is 96.7 Å². The predicted octanol–water partition coefficient (Wildman–Crippen LogP) is -0.609.